The highest BCUT2D eigenvalue weighted by Crippen LogP contribution is 2.31. The summed E-state index contributed by atoms with van der Waals surface area (Å²) in [6, 6.07) is 0. The second-order valence-corrected chi connectivity index (χ2v) is 6.30. The van der Waals surface area contributed by atoms with E-state index in [1.165, 1.54) is 12.8 Å². The molecular formula is C14H25N7. The third kappa shape index (κ3) is 3.53. The Kier molecular flexibility index (Phi) is 4.10. The van der Waals surface area contributed by atoms with Crippen molar-refractivity contribution in [1.29, 1.82) is 0 Å². The van der Waals surface area contributed by atoms with Gasteiger partial charge in [0.05, 0.1) is 0 Å². The maximum absolute atomic E-state index is 5.88. The second kappa shape index (κ2) is 6.01. The molecule has 2 heterocycles. The summed E-state index contributed by atoms with van der Waals surface area (Å²) in [5.41, 5.74) is 5.97. The van der Waals surface area contributed by atoms with Gasteiger partial charge in [-0.15, -0.1) is 0 Å². The van der Waals surface area contributed by atoms with Gasteiger partial charge in [-0.3, -0.25) is 0 Å². The number of nitrogen functional groups attached to an aromatic ring is 1. The molecule has 1 saturated carbocycles. The predicted molar refractivity (Wildman–Crippen MR) is 84.4 cm³/mol. The smallest absolute Gasteiger partial charge is 0.231 e. The maximum Gasteiger partial charge on any atom is 0.231 e. The highest BCUT2D eigenvalue weighted by Gasteiger charge is 2.29. The number of rotatable bonds is 3. The van der Waals surface area contributed by atoms with Gasteiger partial charge >= 0.3 is 0 Å². The molecule has 2 aliphatic rings. The van der Waals surface area contributed by atoms with E-state index in [1.54, 1.807) is 0 Å². The van der Waals surface area contributed by atoms with Crippen LogP contribution in [0.25, 0.3) is 0 Å². The van der Waals surface area contributed by atoms with Gasteiger partial charge in [-0.05, 0) is 32.7 Å². The number of nitrogens with zero attached hydrogens (tertiary/aromatic N) is 4. The summed E-state index contributed by atoms with van der Waals surface area (Å²) in [7, 11) is 0. The largest absolute Gasteiger partial charge is 0.368 e. The van der Waals surface area contributed by atoms with Crippen molar-refractivity contribution in [3.8, 4) is 0 Å². The molecule has 0 spiro atoms. The van der Waals surface area contributed by atoms with E-state index in [1.807, 2.05) is 0 Å². The molecule has 7 heteroatoms. The molecular weight excluding hydrogens is 266 g/mol. The highest BCUT2D eigenvalue weighted by molar-refractivity contribution is 5.43. The fraction of sp³-hybridized carbons (Fsp3) is 0.786. The summed E-state index contributed by atoms with van der Waals surface area (Å²) in [5.74, 6) is 1.59. The lowest BCUT2D eigenvalue weighted by Crippen LogP contribution is -2.33. The van der Waals surface area contributed by atoms with Gasteiger partial charge < -0.3 is 21.3 Å². The van der Waals surface area contributed by atoms with Crippen molar-refractivity contribution in [2.24, 2.45) is 0 Å². The Bertz CT molecular complexity index is 476. The Balaban J connectivity index is 1.78. The van der Waals surface area contributed by atoms with Crippen LogP contribution in [0.4, 0.5) is 17.8 Å². The van der Waals surface area contributed by atoms with E-state index < -0.39 is 0 Å². The van der Waals surface area contributed by atoms with Gasteiger partial charge in [0.25, 0.3) is 0 Å². The van der Waals surface area contributed by atoms with Crippen molar-refractivity contribution in [3.63, 3.8) is 0 Å². The molecule has 21 heavy (non-hydrogen) atoms. The van der Waals surface area contributed by atoms with Gasteiger partial charge in [0.2, 0.25) is 17.8 Å². The number of hydrogen-bond donors (Lipinski definition) is 3. The monoisotopic (exact) mass is 291 g/mol. The van der Waals surface area contributed by atoms with Crippen LogP contribution in [0, 0.1) is 0 Å². The van der Waals surface area contributed by atoms with Gasteiger partial charge in [0.15, 0.2) is 0 Å². The van der Waals surface area contributed by atoms with E-state index in [-0.39, 0.29) is 5.54 Å². The Morgan fingerprint density at radius 1 is 1.10 bits per heavy atom. The van der Waals surface area contributed by atoms with Crippen LogP contribution < -0.4 is 21.3 Å². The molecule has 1 aliphatic heterocycles. The highest BCUT2D eigenvalue weighted by atomic mass is 15.3. The van der Waals surface area contributed by atoms with Crippen LogP contribution in [0.2, 0.25) is 0 Å². The maximum atomic E-state index is 5.88. The molecule has 0 atom stereocenters. The Labute approximate surface area is 125 Å². The lowest BCUT2D eigenvalue weighted by atomic mass is 10.0. The standard InChI is InChI=1S/C14H25N7/c1-14(5-2-3-6-14)20-12-17-11(15)18-13(19-12)21-9-4-7-16-8-10-21/h16H,2-10H2,1H3,(H3,15,17,18,19,20). The first kappa shape index (κ1) is 14.3. The van der Waals surface area contributed by atoms with Crippen LogP contribution in [-0.2, 0) is 0 Å². The number of hydrogen-bond acceptors (Lipinski definition) is 7. The van der Waals surface area contributed by atoms with E-state index in [2.05, 4.69) is 37.4 Å². The fourth-order valence-corrected chi connectivity index (χ4v) is 3.17. The first-order valence-corrected chi connectivity index (χ1v) is 7.90. The molecule has 1 aromatic rings. The molecule has 0 unspecified atom stereocenters. The Morgan fingerprint density at radius 3 is 2.71 bits per heavy atom. The molecule has 2 fully saturated rings. The van der Waals surface area contributed by atoms with Gasteiger partial charge in [-0.2, -0.15) is 15.0 Å². The first-order chi connectivity index (χ1) is 10.1. The third-order valence-electron chi connectivity index (χ3n) is 4.38. The number of anilines is 3. The van der Waals surface area contributed by atoms with Crippen LogP contribution >= 0.6 is 0 Å². The molecule has 7 nitrogen and oxygen atoms in total. The van der Waals surface area contributed by atoms with Crippen LogP contribution in [0.1, 0.15) is 39.0 Å². The quantitative estimate of drug-likeness (QED) is 0.765. The summed E-state index contributed by atoms with van der Waals surface area (Å²) in [6.45, 7) is 6.08. The molecule has 4 N–H and O–H groups in total. The van der Waals surface area contributed by atoms with Gasteiger partial charge in [0, 0.05) is 25.2 Å². The topological polar surface area (TPSA) is 92.0 Å². The molecule has 0 aromatic carbocycles. The minimum Gasteiger partial charge on any atom is -0.368 e. The van der Waals surface area contributed by atoms with Crippen molar-refractivity contribution in [3.05, 3.63) is 0 Å². The predicted octanol–water partition coefficient (Wildman–Crippen LogP) is 0.998. The number of nitrogens with one attached hydrogen (secondary N) is 2. The lowest BCUT2D eigenvalue weighted by molar-refractivity contribution is 0.528. The summed E-state index contributed by atoms with van der Waals surface area (Å²) in [5, 5.41) is 6.85. The van der Waals surface area contributed by atoms with Crippen LogP contribution in [0.15, 0.2) is 0 Å². The van der Waals surface area contributed by atoms with Crippen molar-refractivity contribution in [2.75, 3.05) is 42.1 Å². The normalized spacial score (nSPS) is 22.0. The van der Waals surface area contributed by atoms with E-state index >= 15 is 0 Å². The minimum absolute atomic E-state index is 0.0887. The molecule has 116 valence electrons. The average Bonchev–Trinajstić information content (AvgIpc) is 2.72. The summed E-state index contributed by atoms with van der Waals surface area (Å²) < 4.78 is 0. The zero-order valence-electron chi connectivity index (χ0n) is 12.7. The lowest BCUT2D eigenvalue weighted by Gasteiger charge is -2.26. The summed E-state index contributed by atoms with van der Waals surface area (Å²) in [6.07, 6.45) is 5.92. The number of nitrogens with two attached hydrogens (primary N) is 1. The fourth-order valence-electron chi connectivity index (χ4n) is 3.17. The minimum atomic E-state index is 0.0887. The van der Waals surface area contributed by atoms with Crippen molar-refractivity contribution in [2.45, 2.75) is 44.6 Å². The summed E-state index contributed by atoms with van der Waals surface area (Å²) >= 11 is 0. The van der Waals surface area contributed by atoms with Crippen LogP contribution in [-0.4, -0.2) is 46.7 Å². The molecule has 1 saturated heterocycles. The molecule has 0 bridgehead atoms. The second-order valence-electron chi connectivity index (χ2n) is 6.30. The number of aromatic nitrogens is 3. The molecule has 0 radical (unpaired) electrons. The van der Waals surface area contributed by atoms with E-state index in [9.17, 15) is 0 Å². The van der Waals surface area contributed by atoms with E-state index in [0.29, 0.717) is 17.8 Å². The Morgan fingerprint density at radius 2 is 1.90 bits per heavy atom. The van der Waals surface area contributed by atoms with Crippen molar-refractivity contribution >= 4 is 17.8 Å². The van der Waals surface area contributed by atoms with Crippen molar-refractivity contribution in [1.82, 2.24) is 20.3 Å². The molecule has 0 amide bonds. The summed E-state index contributed by atoms with van der Waals surface area (Å²) in [4.78, 5) is 15.3. The van der Waals surface area contributed by atoms with Gasteiger partial charge in [0.1, 0.15) is 0 Å². The average molecular weight is 291 g/mol. The van der Waals surface area contributed by atoms with Crippen LogP contribution in [0.5, 0.6) is 0 Å². The SMILES string of the molecule is CC1(Nc2nc(N)nc(N3CCCNCC3)n2)CCCC1. The molecule has 3 rings (SSSR count). The molecule has 1 aromatic heterocycles. The van der Waals surface area contributed by atoms with Gasteiger partial charge in [-0.25, -0.2) is 0 Å². The van der Waals surface area contributed by atoms with Crippen molar-refractivity contribution < 1.29 is 0 Å². The molecule has 1 aliphatic carbocycles. The third-order valence-corrected chi connectivity index (χ3v) is 4.38. The zero-order chi connectivity index (χ0) is 14.7. The zero-order valence-corrected chi connectivity index (χ0v) is 12.7. The first-order valence-electron chi connectivity index (χ1n) is 7.90. The van der Waals surface area contributed by atoms with Crippen LogP contribution in [0.3, 0.4) is 0 Å². The van der Waals surface area contributed by atoms with E-state index in [4.69, 9.17) is 5.73 Å². The van der Waals surface area contributed by atoms with Gasteiger partial charge in [-0.1, -0.05) is 12.8 Å². The van der Waals surface area contributed by atoms with E-state index in [0.717, 1.165) is 45.4 Å². The Hall–Kier alpha value is -1.63.